The first-order valence-corrected chi connectivity index (χ1v) is 11.4. The number of hydrogen-bond donors (Lipinski definition) is 1. The van der Waals surface area contributed by atoms with Gasteiger partial charge in [-0.2, -0.15) is 0 Å². The van der Waals surface area contributed by atoms with Gasteiger partial charge in [-0.1, -0.05) is 19.9 Å². The average Bonchev–Trinajstić information content (AvgIpc) is 3.03. The van der Waals surface area contributed by atoms with Crippen LogP contribution in [0.3, 0.4) is 0 Å². The summed E-state index contributed by atoms with van der Waals surface area (Å²) in [6.45, 7) is 7.48. The van der Waals surface area contributed by atoms with E-state index in [1.807, 2.05) is 7.05 Å². The molecule has 0 radical (unpaired) electrons. The predicted octanol–water partition coefficient (Wildman–Crippen LogP) is 5.88. The van der Waals surface area contributed by atoms with Crippen molar-refractivity contribution in [2.45, 2.75) is 78.1 Å². The molecule has 2 fully saturated rings. The van der Waals surface area contributed by atoms with Gasteiger partial charge < -0.3 is 9.84 Å². The van der Waals surface area contributed by atoms with Crippen molar-refractivity contribution in [2.24, 2.45) is 28.2 Å². The maximum atomic E-state index is 10.3. The van der Waals surface area contributed by atoms with Crippen molar-refractivity contribution < 1.29 is 9.84 Å². The second-order valence-electron chi connectivity index (χ2n) is 9.52. The Hall–Kier alpha value is -1.51. The van der Waals surface area contributed by atoms with Gasteiger partial charge in [0.1, 0.15) is 5.75 Å². The standard InChI is InChI=1S/C25H37NO2/c1-5-16-13-21-17(14-23(16)27)7-9-20-19(21)11-12-25(3)18(8-10-22(20)25)15-24(26-4)28-6-2/h13-14,18-20,22,27H,5-12,15H2,1-4H3. The third-order valence-electron chi connectivity index (χ3n) is 8.48. The second kappa shape index (κ2) is 7.72. The van der Waals surface area contributed by atoms with Crippen molar-refractivity contribution in [3.63, 3.8) is 0 Å². The number of phenols is 1. The highest BCUT2D eigenvalue weighted by atomic mass is 16.5. The summed E-state index contributed by atoms with van der Waals surface area (Å²) in [4.78, 5) is 4.42. The zero-order chi connectivity index (χ0) is 19.9. The van der Waals surface area contributed by atoms with Crippen molar-refractivity contribution in [1.82, 2.24) is 0 Å². The van der Waals surface area contributed by atoms with Crippen LogP contribution < -0.4 is 0 Å². The Balaban J connectivity index is 1.58. The van der Waals surface area contributed by atoms with Crippen LogP contribution in [0.5, 0.6) is 5.75 Å². The van der Waals surface area contributed by atoms with E-state index in [0.717, 1.165) is 42.6 Å². The number of hydrogen-bond acceptors (Lipinski definition) is 3. The van der Waals surface area contributed by atoms with Crippen molar-refractivity contribution in [3.05, 3.63) is 28.8 Å². The molecule has 0 spiro atoms. The van der Waals surface area contributed by atoms with E-state index in [1.54, 1.807) is 5.56 Å². The van der Waals surface area contributed by atoms with Gasteiger partial charge in [-0.3, -0.25) is 4.99 Å². The highest BCUT2D eigenvalue weighted by molar-refractivity contribution is 5.76. The minimum atomic E-state index is 0.427. The Morgan fingerprint density at radius 3 is 2.75 bits per heavy atom. The molecule has 0 amide bonds. The van der Waals surface area contributed by atoms with Gasteiger partial charge in [0.2, 0.25) is 0 Å². The number of nitrogens with zero attached hydrogens (tertiary/aromatic N) is 1. The fraction of sp³-hybridized carbons (Fsp3) is 0.720. The third kappa shape index (κ3) is 3.15. The normalized spacial score (nSPS) is 34.5. The van der Waals surface area contributed by atoms with Crippen LogP contribution in [0.4, 0.5) is 0 Å². The number of rotatable bonds is 4. The lowest BCUT2D eigenvalue weighted by Gasteiger charge is -2.51. The molecule has 154 valence electrons. The van der Waals surface area contributed by atoms with Crippen LogP contribution in [0.25, 0.3) is 0 Å². The first-order chi connectivity index (χ1) is 13.5. The monoisotopic (exact) mass is 383 g/mol. The number of aryl methyl sites for hydroxylation is 2. The number of aromatic hydroxyl groups is 1. The van der Waals surface area contributed by atoms with E-state index in [9.17, 15) is 5.11 Å². The lowest BCUT2D eigenvalue weighted by atomic mass is 9.54. The fourth-order valence-electron chi connectivity index (χ4n) is 6.97. The molecule has 2 saturated carbocycles. The molecule has 0 heterocycles. The summed E-state index contributed by atoms with van der Waals surface area (Å²) in [5.74, 6) is 4.48. The van der Waals surface area contributed by atoms with Gasteiger partial charge in [0.05, 0.1) is 6.61 Å². The summed E-state index contributed by atoms with van der Waals surface area (Å²) in [5.41, 5.74) is 4.51. The Morgan fingerprint density at radius 2 is 2.04 bits per heavy atom. The number of aliphatic imine (C=N–C) groups is 1. The van der Waals surface area contributed by atoms with Crippen LogP contribution in [0.1, 0.15) is 81.9 Å². The third-order valence-corrected chi connectivity index (χ3v) is 8.48. The Labute approximate surface area is 170 Å². The van der Waals surface area contributed by atoms with E-state index in [4.69, 9.17) is 4.74 Å². The average molecular weight is 384 g/mol. The molecule has 3 aliphatic carbocycles. The van der Waals surface area contributed by atoms with Crippen LogP contribution in [-0.2, 0) is 17.6 Å². The summed E-state index contributed by atoms with van der Waals surface area (Å²) in [5, 5.41) is 10.3. The molecule has 0 aliphatic heterocycles. The van der Waals surface area contributed by atoms with Crippen LogP contribution in [0, 0.1) is 23.2 Å². The molecule has 5 atom stereocenters. The molecule has 1 aromatic rings. The molecular weight excluding hydrogens is 346 g/mol. The summed E-state index contributed by atoms with van der Waals surface area (Å²) < 4.78 is 5.79. The smallest absolute Gasteiger partial charge is 0.183 e. The summed E-state index contributed by atoms with van der Waals surface area (Å²) >= 11 is 0. The Morgan fingerprint density at radius 1 is 1.21 bits per heavy atom. The van der Waals surface area contributed by atoms with Gasteiger partial charge in [0.15, 0.2) is 5.90 Å². The molecule has 3 heteroatoms. The van der Waals surface area contributed by atoms with E-state index in [0.29, 0.717) is 29.6 Å². The molecule has 0 bridgehead atoms. The second-order valence-corrected chi connectivity index (χ2v) is 9.52. The van der Waals surface area contributed by atoms with Gasteiger partial charge in [0.25, 0.3) is 0 Å². The van der Waals surface area contributed by atoms with Crippen LogP contribution in [0.15, 0.2) is 17.1 Å². The van der Waals surface area contributed by atoms with Crippen molar-refractivity contribution >= 4 is 5.90 Å². The van der Waals surface area contributed by atoms with Crippen molar-refractivity contribution in [3.8, 4) is 5.75 Å². The quantitative estimate of drug-likeness (QED) is 0.521. The highest BCUT2D eigenvalue weighted by Crippen LogP contribution is 2.63. The summed E-state index contributed by atoms with van der Waals surface area (Å²) in [6.07, 6.45) is 9.63. The topological polar surface area (TPSA) is 41.8 Å². The van der Waals surface area contributed by atoms with E-state index >= 15 is 0 Å². The number of fused-ring (bicyclic) bond motifs is 5. The molecule has 28 heavy (non-hydrogen) atoms. The maximum absolute atomic E-state index is 10.3. The summed E-state index contributed by atoms with van der Waals surface area (Å²) in [6, 6.07) is 4.41. The lowest BCUT2D eigenvalue weighted by molar-refractivity contribution is 0.0289. The Bertz CT molecular complexity index is 755. The van der Waals surface area contributed by atoms with Crippen LogP contribution >= 0.6 is 0 Å². The molecule has 0 saturated heterocycles. The number of phenolic OH excluding ortho intramolecular Hbond substituents is 1. The number of ether oxygens (including phenoxy) is 1. The molecule has 1 N–H and O–H groups in total. The fourth-order valence-corrected chi connectivity index (χ4v) is 6.97. The van der Waals surface area contributed by atoms with Gasteiger partial charge in [0, 0.05) is 13.5 Å². The summed E-state index contributed by atoms with van der Waals surface area (Å²) in [7, 11) is 1.87. The van der Waals surface area contributed by atoms with E-state index in [1.165, 1.54) is 37.7 Å². The maximum Gasteiger partial charge on any atom is 0.183 e. The molecule has 3 nitrogen and oxygen atoms in total. The molecule has 1 aromatic carbocycles. The molecule has 4 rings (SSSR count). The van der Waals surface area contributed by atoms with Gasteiger partial charge in [-0.25, -0.2) is 0 Å². The largest absolute Gasteiger partial charge is 0.508 e. The van der Waals surface area contributed by atoms with Crippen LogP contribution in [-0.4, -0.2) is 24.7 Å². The zero-order valence-corrected chi connectivity index (χ0v) is 18.1. The SMILES string of the molecule is CCOC(CC1CCC2C3CCc4cc(O)c(CC)cc4C3CCC12C)=NC. The highest BCUT2D eigenvalue weighted by Gasteiger charge is 2.54. The number of benzene rings is 1. The van der Waals surface area contributed by atoms with Crippen LogP contribution in [0.2, 0.25) is 0 Å². The van der Waals surface area contributed by atoms with Gasteiger partial charge in [-0.05, 0) is 104 Å². The minimum Gasteiger partial charge on any atom is -0.508 e. The van der Waals surface area contributed by atoms with E-state index in [-0.39, 0.29) is 0 Å². The predicted molar refractivity (Wildman–Crippen MR) is 115 cm³/mol. The molecule has 3 aliphatic rings. The minimum absolute atomic E-state index is 0.427. The first-order valence-electron chi connectivity index (χ1n) is 11.4. The van der Waals surface area contributed by atoms with Gasteiger partial charge in [-0.15, -0.1) is 0 Å². The molecule has 0 aromatic heterocycles. The van der Waals surface area contributed by atoms with Gasteiger partial charge >= 0.3 is 0 Å². The van der Waals surface area contributed by atoms with Crippen molar-refractivity contribution in [1.29, 1.82) is 0 Å². The van der Waals surface area contributed by atoms with E-state index in [2.05, 4.69) is 37.9 Å². The first kappa shape index (κ1) is 19.8. The van der Waals surface area contributed by atoms with E-state index < -0.39 is 0 Å². The van der Waals surface area contributed by atoms with Crippen molar-refractivity contribution in [2.75, 3.05) is 13.7 Å². The molecule has 5 unspecified atom stereocenters. The zero-order valence-electron chi connectivity index (χ0n) is 18.1. The molecular formula is C25H37NO2. The Kier molecular flexibility index (Phi) is 5.46. The lowest BCUT2D eigenvalue weighted by Crippen LogP contribution is -2.42.